The van der Waals surface area contributed by atoms with Crippen LogP contribution in [0.5, 0.6) is 0 Å². The van der Waals surface area contributed by atoms with Crippen molar-refractivity contribution in [1.29, 1.82) is 0 Å². The third kappa shape index (κ3) is 34.4. The second-order valence-electron chi connectivity index (χ2n) is 15.5. The quantitative estimate of drug-likeness (QED) is 0.0249. The number of phosphoric acid groups is 1. The number of carbonyl (C=O) groups is 1. The number of allylic oxidation sites excluding steroid dienone is 6. The molecule has 0 rings (SSSR count). The monoisotopic (exact) mass is 757 g/mol. The number of amides is 1. The molecule has 1 amide bonds. The van der Waals surface area contributed by atoms with E-state index >= 15 is 0 Å². The van der Waals surface area contributed by atoms with Crippen LogP contribution in [0.1, 0.15) is 168 Å². The molecule has 0 aliphatic rings. The second kappa shape index (κ2) is 34.2. The number of phosphoric ester groups is 1. The minimum absolute atomic E-state index is 0.0495. The average Bonchev–Trinajstić information content (AvgIpc) is 3.09. The summed E-state index contributed by atoms with van der Waals surface area (Å²) in [5.74, 6) is -0.296. The van der Waals surface area contributed by atoms with Crippen molar-refractivity contribution in [2.75, 3.05) is 40.9 Å². The molecule has 52 heavy (non-hydrogen) atoms. The van der Waals surface area contributed by atoms with Crippen molar-refractivity contribution >= 4 is 13.7 Å². The van der Waals surface area contributed by atoms with Crippen molar-refractivity contribution in [3.8, 4) is 0 Å². The fraction of sp³-hybridized carbons (Fsp3) is 0.833. The summed E-state index contributed by atoms with van der Waals surface area (Å²) in [6, 6.07) is -1.09. The van der Waals surface area contributed by atoms with Gasteiger partial charge in [0.25, 0.3) is 7.82 Å². The highest BCUT2D eigenvalue weighted by molar-refractivity contribution is 7.45. The van der Waals surface area contributed by atoms with Gasteiger partial charge in [0.05, 0.1) is 39.9 Å². The van der Waals surface area contributed by atoms with Crippen molar-refractivity contribution in [3.63, 3.8) is 0 Å². The van der Waals surface area contributed by atoms with Gasteiger partial charge in [-0.15, -0.1) is 0 Å². The van der Waals surface area contributed by atoms with Crippen LogP contribution in [-0.4, -0.2) is 79.8 Å². The number of rotatable bonds is 37. The second-order valence-corrected chi connectivity index (χ2v) is 16.9. The summed E-state index contributed by atoms with van der Waals surface area (Å²) < 4.78 is 23.1. The molecule has 0 spiro atoms. The first kappa shape index (κ1) is 50.7. The maximum Gasteiger partial charge on any atom is 0.268 e. The van der Waals surface area contributed by atoms with E-state index in [-0.39, 0.29) is 18.9 Å². The SMILES string of the molecule is C/C=C/CC/C=C/CC/C=C/CCCC(O)C(O)C(COP(=O)([O-])OCC[N+](C)(C)C)NC(=O)CCCCCCCCCCCCCCCCCC. The Balaban J connectivity index is 4.57. The van der Waals surface area contributed by atoms with Gasteiger partial charge in [-0.3, -0.25) is 9.36 Å². The zero-order valence-electron chi connectivity index (χ0n) is 34.1. The minimum Gasteiger partial charge on any atom is -0.756 e. The van der Waals surface area contributed by atoms with E-state index in [0.29, 0.717) is 30.3 Å². The summed E-state index contributed by atoms with van der Waals surface area (Å²) >= 11 is 0. The first-order valence-corrected chi connectivity index (χ1v) is 22.3. The average molecular weight is 757 g/mol. The summed E-state index contributed by atoms with van der Waals surface area (Å²) in [5.41, 5.74) is 0. The van der Waals surface area contributed by atoms with Gasteiger partial charge in [0.1, 0.15) is 19.3 Å². The lowest BCUT2D eigenvalue weighted by Crippen LogP contribution is -2.51. The fourth-order valence-electron chi connectivity index (χ4n) is 5.88. The Morgan fingerprint density at radius 1 is 0.712 bits per heavy atom. The van der Waals surface area contributed by atoms with Gasteiger partial charge in [-0.1, -0.05) is 140 Å². The number of aliphatic hydroxyl groups excluding tert-OH is 2. The van der Waals surface area contributed by atoms with E-state index in [0.717, 1.165) is 51.4 Å². The van der Waals surface area contributed by atoms with E-state index in [1.54, 1.807) is 0 Å². The van der Waals surface area contributed by atoms with E-state index in [2.05, 4.69) is 48.7 Å². The van der Waals surface area contributed by atoms with Crippen LogP contribution in [0.15, 0.2) is 36.5 Å². The van der Waals surface area contributed by atoms with Crippen molar-refractivity contribution in [1.82, 2.24) is 5.32 Å². The van der Waals surface area contributed by atoms with Crippen LogP contribution in [0.25, 0.3) is 0 Å². The molecule has 0 saturated carbocycles. The normalized spacial score (nSPS) is 15.5. The van der Waals surface area contributed by atoms with Crippen LogP contribution >= 0.6 is 7.82 Å². The lowest BCUT2D eigenvalue weighted by Gasteiger charge is -2.31. The number of unbranched alkanes of at least 4 members (excludes halogenated alkanes) is 18. The minimum atomic E-state index is -4.67. The maximum absolute atomic E-state index is 12.9. The lowest BCUT2D eigenvalue weighted by atomic mass is 10.0. The van der Waals surface area contributed by atoms with E-state index in [1.165, 1.54) is 77.0 Å². The highest BCUT2D eigenvalue weighted by atomic mass is 31.2. The van der Waals surface area contributed by atoms with Gasteiger partial charge in [0.15, 0.2) is 0 Å². The van der Waals surface area contributed by atoms with E-state index in [9.17, 15) is 24.5 Å². The highest BCUT2D eigenvalue weighted by Crippen LogP contribution is 2.38. The van der Waals surface area contributed by atoms with Gasteiger partial charge in [-0.2, -0.15) is 0 Å². The Hall–Kier alpha value is -1.32. The number of aliphatic hydroxyl groups is 2. The van der Waals surface area contributed by atoms with Crippen molar-refractivity contribution in [2.24, 2.45) is 0 Å². The van der Waals surface area contributed by atoms with E-state index < -0.39 is 32.7 Å². The van der Waals surface area contributed by atoms with Crippen LogP contribution < -0.4 is 10.2 Å². The first-order valence-electron chi connectivity index (χ1n) is 20.9. The Bertz CT molecular complexity index is 966. The molecule has 306 valence electrons. The molecule has 0 saturated heterocycles. The molecule has 4 atom stereocenters. The summed E-state index contributed by atoms with van der Waals surface area (Å²) in [4.78, 5) is 25.3. The van der Waals surface area contributed by atoms with Gasteiger partial charge in [0.2, 0.25) is 5.91 Å². The molecular formula is C42H81N2O7P. The third-order valence-corrected chi connectivity index (χ3v) is 10.2. The molecule has 0 radical (unpaired) electrons. The van der Waals surface area contributed by atoms with Crippen LogP contribution in [-0.2, 0) is 18.4 Å². The third-order valence-electron chi connectivity index (χ3n) is 9.27. The van der Waals surface area contributed by atoms with Crippen LogP contribution in [0.2, 0.25) is 0 Å². The van der Waals surface area contributed by atoms with E-state index in [4.69, 9.17) is 9.05 Å². The summed E-state index contributed by atoms with van der Waals surface area (Å²) in [6.45, 7) is 4.18. The fourth-order valence-corrected chi connectivity index (χ4v) is 6.60. The molecule has 0 bridgehead atoms. The number of likely N-dealkylation sites (N-methyl/N-ethyl adjacent to an activating group) is 1. The molecule has 0 aromatic rings. The van der Waals surface area contributed by atoms with E-state index in [1.807, 2.05) is 28.1 Å². The largest absolute Gasteiger partial charge is 0.756 e. The van der Waals surface area contributed by atoms with Crippen molar-refractivity contribution in [3.05, 3.63) is 36.5 Å². The smallest absolute Gasteiger partial charge is 0.268 e. The number of nitrogens with zero attached hydrogens (tertiary/aromatic N) is 1. The van der Waals surface area contributed by atoms with Gasteiger partial charge in [-0.25, -0.2) is 0 Å². The molecular weight excluding hydrogens is 675 g/mol. The van der Waals surface area contributed by atoms with Gasteiger partial charge >= 0.3 is 0 Å². The summed E-state index contributed by atoms with van der Waals surface area (Å²) in [6.07, 6.45) is 36.3. The molecule has 9 nitrogen and oxygen atoms in total. The number of nitrogens with one attached hydrogen (secondary N) is 1. The van der Waals surface area contributed by atoms with Gasteiger partial charge in [-0.05, 0) is 58.3 Å². The number of hydrogen-bond donors (Lipinski definition) is 3. The molecule has 3 N–H and O–H groups in total. The van der Waals surface area contributed by atoms with Gasteiger partial charge < -0.3 is 34.0 Å². The Morgan fingerprint density at radius 2 is 1.17 bits per heavy atom. The standard InChI is InChI=1S/C42H81N2O7P/c1-6-8-10-12-14-16-18-20-21-22-23-25-27-29-31-33-35-41(46)43-39(38-51-52(48,49)50-37-36-44(3,4)5)42(47)40(45)34-32-30-28-26-24-19-17-15-13-11-9-7-2/h7,9,15,17,26,28,39-40,42,45,47H,6,8,10-14,16,18-25,27,29-38H2,1-5H3,(H-,43,46,48,49)/b9-7+,17-15+,28-26+. The molecule has 4 unspecified atom stereocenters. The number of carbonyl (C=O) groups excluding carboxylic acids is 1. The van der Waals surface area contributed by atoms with Crippen LogP contribution in [0.3, 0.4) is 0 Å². The molecule has 0 aromatic carbocycles. The van der Waals surface area contributed by atoms with Crippen LogP contribution in [0.4, 0.5) is 0 Å². The molecule has 0 fully saturated rings. The number of hydrogen-bond acceptors (Lipinski definition) is 7. The van der Waals surface area contributed by atoms with Crippen molar-refractivity contribution < 1.29 is 38.0 Å². The van der Waals surface area contributed by atoms with Crippen LogP contribution in [0, 0.1) is 0 Å². The van der Waals surface area contributed by atoms with Gasteiger partial charge in [0, 0.05) is 6.42 Å². The Kier molecular flexibility index (Phi) is 33.3. The zero-order chi connectivity index (χ0) is 38.8. The molecule has 0 heterocycles. The Labute approximate surface area is 319 Å². The summed E-state index contributed by atoms with van der Waals surface area (Å²) in [5, 5.41) is 24.5. The molecule has 0 aromatic heterocycles. The predicted molar refractivity (Wildman–Crippen MR) is 216 cm³/mol. The molecule has 10 heteroatoms. The highest BCUT2D eigenvalue weighted by Gasteiger charge is 2.29. The number of quaternary nitrogens is 1. The van der Waals surface area contributed by atoms with Crippen molar-refractivity contribution in [2.45, 2.75) is 186 Å². The maximum atomic E-state index is 12.9. The Morgan fingerprint density at radius 3 is 1.65 bits per heavy atom. The molecule has 0 aliphatic carbocycles. The first-order chi connectivity index (χ1) is 24.9. The zero-order valence-corrected chi connectivity index (χ0v) is 35.0. The predicted octanol–water partition coefficient (Wildman–Crippen LogP) is 9.47. The lowest BCUT2D eigenvalue weighted by molar-refractivity contribution is -0.870. The summed E-state index contributed by atoms with van der Waals surface area (Å²) in [7, 11) is 1.09. The topological polar surface area (TPSA) is 128 Å². The molecule has 0 aliphatic heterocycles.